The van der Waals surface area contributed by atoms with E-state index in [4.69, 9.17) is 3.63 Å². The summed E-state index contributed by atoms with van der Waals surface area (Å²) in [4.78, 5) is 1.37. The molecule has 188 valence electrons. The number of aryl methyl sites for hydroxylation is 3. The minimum Gasteiger partial charge on any atom is -0.203 e. The van der Waals surface area contributed by atoms with Gasteiger partial charge in [0.2, 0.25) is 0 Å². The average Bonchev–Trinajstić information content (AvgIpc) is 2.83. The smallest absolute Gasteiger partial charge is 0.203 e. The molecule has 0 radical (unpaired) electrons. The van der Waals surface area contributed by atoms with Gasteiger partial charge in [0.15, 0.2) is 0 Å². The van der Waals surface area contributed by atoms with Crippen LogP contribution in [0.25, 0.3) is 0 Å². The van der Waals surface area contributed by atoms with Gasteiger partial charge in [-0.25, -0.2) is 3.63 Å². The van der Waals surface area contributed by atoms with Gasteiger partial charge in [0, 0.05) is 14.7 Å². The molecule has 0 amide bonds. The molecule has 0 aliphatic heterocycles. The van der Waals surface area contributed by atoms with Crippen molar-refractivity contribution in [2.45, 2.75) is 46.5 Å². The van der Waals surface area contributed by atoms with Crippen LogP contribution >= 0.6 is 10.3 Å². The first-order chi connectivity index (χ1) is 16.9. The highest BCUT2D eigenvalue weighted by Crippen LogP contribution is 2.71. The number of rotatable bonds is 6. The summed E-state index contributed by atoms with van der Waals surface area (Å²) in [6, 6.07) is 25.5. The largest absolute Gasteiger partial charge is 0.416 e. The maximum atomic E-state index is 13.8. The topological polar surface area (TPSA) is 43.4 Å². The van der Waals surface area contributed by atoms with Crippen LogP contribution < -0.4 is 0 Å². The minimum absolute atomic E-state index is 0.552. The third kappa shape index (κ3) is 4.93. The lowest BCUT2D eigenvalue weighted by molar-refractivity contribution is -0.137. The standard InChI is InChI=1S/C28H25F3O3S2/c1-20-17-21(2)27(22(3)18-20)35(24-12-6-4-7-13-24,25-14-8-5-9-15-25)34-36(32,33)26-16-10-11-23(19-26)28(29,30)31/h4-19H,1-3H3. The van der Waals surface area contributed by atoms with E-state index in [1.165, 1.54) is 0 Å². The molecule has 0 heterocycles. The molecule has 0 saturated carbocycles. The van der Waals surface area contributed by atoms with E-state index in [1.807, 2.05) is 45.0 Å². The van der Waals surface area contributed by atoms with E-state index in [-0.39, 0.29) is 0 Å². The Kier molecular flexibility index (Phi) is 7.05. The Morgan fingerprint density at radius 3 is 1.58 bits per heavy atom. The SMILES string of the molecule is Cc1cc(C)c(S(OS(=O)(=O)c2cccc(C(F)(F)F)c2)(c2ccccc2)c2ccccc2)c(C)c1. The van der Waals surface area contributed by atoms with Crippen LogP contribution in [-0.2, 0) is 19.9 Å². The van der Waals surface area contributed by atoms with Gasteiger partial charge in [-0.1, -0.05) is 60.2 Å². The van der Waals surface area contributed by atoms with Crippen LogP contribution in [0.5, 0.6) is 0 Å². The van der Waals surface area contributed by atoms with Crippen LogP contribution in [0.15, 0.2) is 117 Å². The molecule has 0 fully saturated rings. The lowest BCUT2D eigenvalue weighted by atomic mass is 10.1. The van der Waals surface area contributed by atoms with Crippen molar-refractivity contribution >= 4 is 20.4 Å². The minimum atomic E-state index is -4.70. The van der Waals surface area contributed by atoms with Crippen molar-refractivity contribution in [2.24, 2.45) is 0 Å². The van der Waals surface area contributed by atoms with Crippen molar-refractivity contribution in [1.82, 2.24) is 0 Å². The molecule has 4 rings (SSSR count). The first-order valence-corrected chi connectivity index (χ1v) is 14.1. The van der Waals surface area contributed by atoms with Crippen LogP contribution in [0.3, 0.4) is 0 Å². The lowest BCUT2D eigenvalue weighted by Crippen LogP contribution is -2.17. The van der Waals surface area contributed by atoms with Crippen LogP contribution in [-0.4, -0.2) is 8.42 Å². The molecule has 0 N–H and O–H groups in total. The summed E-state index contributed by atoms with van der Waals surface area (Å²) >= 11 is 0. The predicted molar refractivity (Wildman–Crippen MR) is 136 cm³/mol. The number of alkyl halides is 3. The summed E-state index contributed by atoms with van der Waals surface area (Å²) in [5, 5.41) is 0. The van der Waals surface area contributed by atoms with E-state index in [0.717, 1.165) is 34.9 Å². The first-order valence-electron chi connectivity index (χ1n) is 11.1. The normalized spacial score (nSPS) is 12.9. The van der Waals surface area contributed by atoms with Crippen molar-refractivity contribution in [3.8, 4) is 0 Å². The maximum absolute atomic E-state index is 13.8. The first kappa shape index (κ1) is 26.0. The highest BCUT2D eigenvalue weighted by molar-refractivity contribution is 8.33. The van der Waals surface area contributed by atoms with Gasteiger partial charge in [-0.2, -0.15) is 21.6 Å². The van der Waals surface area contributed by atoms with Crippen LogP contribution in [0, 0.1) is 20.8 Å². The fourth-order valence-corrected chi connectivity index (χ4v) is 9.99. The summed E-state index contributed by atoms with van der Waals surface area (Å²) in [6.07, 6.45) is -4.70. The molecule has 0 aromatic heterocycles. The Morgan fingerprint density at radius 2 is 1.11 bits per heavy atom. The maximum Gasteiger partial charge on any atom is 0.416 e. The highest BCUT2D eigenvalue weighted by atomic mass is 32.3. The van der Waals surface area contributed by atoms with Gasteiger partial charge in [0.25, 0.3) is 0 Å². The molecule has 0 aliphatic carbocycles. The Morgan fingerprint density at radius 1 is 0.639 bits per heavy atom. The van der Waals surface area contributed by atoms with Crippen LogP contribution in [0.4, 0.5) is 13.2 Å². The molecule has 4 aromatic rings. The monoisotopic (exact) mass is 530 g/mol. The molecular weight excluding hydrogens is 505 g/mol. The number of benzene rings is 4. The quantitative estimate of drug-likeness (QED) is 0.252. The van der Waals surface area contributed by atoms with Crippen LogP contribution in [0.1, 0.15) is 22.3 Å². The van der Waals surface area contributed by atoms with E-state index in [0.29, 0.717) is 20.8 Å². The van der Waals surface area contributed by atoms with Gasteiger partial charge in [-0.05, 0) is 84.7 Å². The fraction of sp³-hybridized carbons (Fsp3) is 0.143. The lowest BCUT2D eigenvalue weighted by Gasteiger charge is -2.41. The van der Waals surface area contributed by atoms with Crippen molar-refractivity contribution in [3.05, 3.63) is 119 Å². The molecule has 0 bridgehead atoms. The zero-order valence-electron chi connectivity index (χ0n) is 19.9. The zero-order valence-corrected chi connectivity index (χ0v) is 21.5. The molecule has 0 unspecified atom stereocenters. The zero-order chi connectivity index (χ0) is 26.1. The van der Waals surface area contributed by atoms with E-state index in [9.17, 15) is 21.6 Å². The Hall–Kier alpha value is -3.07. The molecule has 36 heavy (non-hydrogen) atoms. The second kappa shape index (κ2) is 9.76. The molecule has 0 saturated heterocycles. The summed E-state index contributed by atoms with van der Waals surface area (Å²) in [7, 11) is -7.59. The van der Waals surface area contributed by atoms with Crippen molar-refractivity contribution in [2.75, 3.05) is 0 Å². The number of hydrogen-bond acceptors (Lipinski definition) is 3. The Bertz CT molecular complexity index is 1420. The average molecular weight is 531 g/mol. The molecule has 3 nitrogen and oxygen atoms in total. The third-order valence-corrected chi connectivity index (χ3v) is 11.1. The van der Waals surface area contributed by atoms with Crippen molar-refractivity contribution < 1.29 is 25.2 Å². The molecule has 4 aromatic carbocycles. The second-order valence-corrected chi connectivity index (χ2v) is 12.8. The van der Waals surface area contributed by atoms with Crippen molar-refractivity contribution in [1.29, 1.82) is 0 Å². The summed E-state index contributed by atoms with van der Waals surface area (Å²) in [6.45, 7) is 5.73. The molecule has 0 atom stereocenters. The Labute approximate surface area is 211 Å². The van der Waals surface area contributed by atoms with Gasteiger partial charge in [0.1, 0.15) is 0 Å². The van der Waals surface area contributed by atoms with E-state index in [2.05, 4.69) is 0 Å². The van der Waals surface area contributed by atoms with Gasteiger partial charge in [-0.15, -0.1) is 0 Å². The summed E-state index contributed by atoms with van der Waals surface area (Å²) in [5.74, 6) is 0. The fourth-order valence-electron chi connectivity index (χ4n) is 4.33. The van der Waals surface area contributed by atoms with Gasteiger partial charge in [-0.3, -0.25) is 0 Å². The van der Waals surface area contributed by atoms with Gasteiger partial charge in [0.05, 0.1) is 10.5 Å². The van der Waals surface area contributed by atoms with Crippen molar-refractivity contribution in [3.63, 3.8) is 0 Å². The highest BCUT2D eigenvalue weighted by Gasteiger charge is 2.41. The molecule has 0 aliphatic rings. The number of hydrogen-bond donors (Lipinski definition) is 0. The molecular formula is C28H25F3O3S2. The van der Waals surface area contributed by atoms with E-state index < -0.39 is 37.1 Å². The number of halogens is 3. The summed E-state index contributed by atoms with van der Waals surface area (Å²) in [5.41, 5.74) is 1.60. The summed E-state index contributed by atoms with van der Waals surface area (Å²) < 4.78 is 74.0. The van der Waals surface area contributed by atoms with Gasteiger partial charge < -0.3 is 0 Å². The van der Waals surface area contributed by atoms with E-state index in [1.54, 1.807) is 48.5 Å². The predicted octanol–water partition coefficient (Wildman–Crippen LogP) is 8.23. The molecule has 8 heteroatoms. The Balaban J connectivity index is 2.06. The third-order valence-electron chi connectivity index (χ3n) is 5.68. The van der Waals surface area contributed by atoms with Crippen LogP contribution in [0.2, 0.25) is 0 Å². The van der Waals surface area contributed by atoms with Gasteiger partial charge >= 0.3 is 16.3 Å². The second-order valence-electron chi connectivity index (χ2n) is 8.46. The van der Waals surface area contributed by atoms with E-state index >= 15 is 0 Å². The molecule has 0 spiro atoms.